The number of carbonyl (C=O) groups excluding carboxylic acids is 1. The second-order valence-electron chi connectivity index (χ2n) is 4.69. The van der Waals surface area contributed by atoms with Gasteiger partial charge in [0.25, 0.3) is 0 Å². The lowest BCUT2D eigenvalue weighted by atomic mass is 10.2. The van der Waals surface area contributed by atoms with Crippen molar-refractivity contribution in [2.75, 3.05) is 11.9 Å². The molecule has 102 valence electrons. The van der Waals surface area contributed by atoms with Crippen LogP contribution in [0.15, 0.2) is 24.3 Å². The van der Waals surface area contributed by atoms with Crippen molar-refractivity contribution in [3.63, 3.8) is 0 Å². The van der Waals surface area contributed by atoms with Gasteiger partial charge in [0.15, 0.2) is 0 Å². The van der Waals surface area contributed by atoms with Crippen LogP contribution in [-0.2, 0) is 4.79 Å². The first kappa shape index (κ1) is 13.4. The van der Waals surface area contributed by atoms with Crippen molar-refractivity contribution in [3.05, 3.63) is 29.8 Å². The second kappa shape index (κ2) is 5.27. The minimum Gasteiger partial charge on any atom is -0.480 e. The van der Waals surface area contributed by atoms with Gasteiger partial charge in [-0.2, -0.15) is 0 Å². The van der Waals surface area contributed by atoms with Crippen LogP contribution >= 0.6 is 0 Å². The van der Waals surface area contributed by atoms with Gasteiger partial charge in [0.1, 0.15) is 6.04 Å². The Kier molecular flexibility index (Phi) is 3.71. The zero-order chi connectivity index (χ0) is 14.0. The lowest BCUT2D eigenvalue weighted by Gasteiger charge is -2.21. The summed E-state index contributed by atoms with van der Waals surface area (Å²) in [6.45, 7) is 1.97. The van der Waals surface area contributed by atoms with Crippen LogP contribution in [0.1, 0.15) is 12.0 Å². The van der Waals surface area contributed by atoms with Gasteiger partial charge in [-0.1, -0.05) is 17.7 Å². The molecule has 1 saturated heterocycles. The Morgan fingerprint density at radius 2 is 1.95 bits per heavy atom. The molecule has 2 amide bonds. The molecular weight excluding hydrogens is 248 g/mol. The minimum absolute atomic E-state index is 0.0364. The van der Waals surface area contributed by atoms with Crippen molar-refractivity contribution in [3.8, 4) is 0 Å². The van der Waals surface area contributed by atoms with Crippen molar-refractivity contribution in [1.82, 2.24) is 4.90 Å². The quantitative estimate of drug-likeness (QED) is 0.744. The van der Waals surface area contributed by atoms with Crippen LogP contribution in [0.3, 0.4) is 0 Å². The maximum atomic E-state index is 12.0. The van der Waals surface area contributed by atoms with E-state index in [1.54, 1.807) is 12.1 Å². The van der Waals surface area contributed by atoms with Gasteiger partial charge in [0.2, 0.25) is 0 Å². The standard InChI is InChI=1S/C13H16N2O4/c1-8-2-4-9(5-3-8)14-13(19)15-7-10(16)6-11(15)12(17)18/h2-5,10-11,16H,6-7H2,1H3,(H,14,19)(H,17,18)/t10-,11+/m1/s1. The van der Waals surface area contributed by atoms with Crippen LogP contribution in [-0.4, -0.2) is 45.8 Å². The van der Waals surface area contributed by atoms with E-state index in [0.29, 0.717) is 5.69 Å². The third-order valence-electron chi connectivity index (χ3n) is 3.13. The maximum absolute atomic E-state index is 12.0. The molecule has 0 aliphatic carbocycles. The number of nitrogens with zero attached hydrogens (tertiary/aromatic N) is 1. The summed E-state index contributed by atoms with van der Waals surface area (Å²) < 4.78 is 0. The van der Waals surface area contributed by atoms with Gasteiger partial charge in [-0.05, 0) is 19.1 Å². The van der Waals surface area contributed by atoms with Crippen molar-refractivity contribution < 1.29 is 19.8 Å². The summed E-state index contributed by atoms with van der Waals surface area (Å²) in [4.78, 5) is 24.2. The number of urea groups is 1. The Balaban J connectivity index is 2.06. The van der Waals surface area contributed by atoms with Gasteiger partial charge in [-0.3, -0.25) is 0 Å². The molecule has 6 nitrogen and oxygen atoms in total. The molecule has 1 aromatic carbocycles. The lowest BCUT2D eigenvalue weighted by Crippen LogP contribution is -2.43. The van der Waals surface area contributed by atoms with Crippen molar-refractivity contribution >= 4 is 17.7 Å². The number of amides is 2. The summed E-state index contributed by atoms with van der Waals surface area (Å²) in [6, 6.07) is 5.71. The highest BCUT2D eigenvalue weighted by molar-refractivity contribution is 5.92. The van der Waals surface area contributed by atoms with Gasteiger partial charge in [0, 0.05) is 18.7 Å². The Labute approximate surface area is 110 Å². The highest BCUT2D eigenvalue weighted by Gasteiger charge is 2.38. The first-order chi connectivity index (χ1) is 8.97. The molecule has 3 N–H and O–H groups in total. The van der Waals surface area contributed by atoms with E-state index < -0.39 is 24.1 Å². The summed E-state index contributed by atoms with van der Waals surface area (Å²) in [5.41, 5.74) is 1.67. The number of hydrogen-bond acceptors (Lipinski definition) is 3. The van der Waals surface area contributed by atoms with E-state index >= 15 is 0 Å². The fourth-order valence-electron chi connectivity index (χ4n) is 2.10. The summed E-state index contributed by atoms with van der Waals surface area (Å²) in [7, 11) is 0. The molecule has 0 unspecified atom stereocenters. The molecular formula is C13H16N2O4. The van der Waals surface area contributed by atoms with Crippen LogP contribution in [0, 0.1) is 6.92 Å². The van der Waals surface area contributed by atoms with Crippen LogP contribution in [0.5, 0.6) is 0 Å². The van der Waals surface area contributed by atoms with Crippen molar-refractivity contribution in [2.24, 2.45) is 0 Å². The molecule has 19 heavy (non-hydrogen) atoms. The topological polar surface area (TPSA) is 89.9 Å². The number of carboxylic acid groups (broad SMARTS) is 1. The predicted octanol–water partition coefficient (Wildman–Crippen LogP) is 1.05. The molecule has 6 heteroatoms. The van der Waals surface area contributed by atoms with Crippen molar-refractivity contribution in [1.29, 1.82) is 0 Å². The number of likely N-dealkylation sites (tertiary alicyclic amines) is 1. The van der Waals surface area contributed by atoms with E-state index in [2.05, 4.69) is 5.32 Å². The average Bonchev–Trinajstić information content (AvgIpc) is 2.74. The van der Waals surface area contributed by atoms with Gasteiger partial charge in [0.05, 0.1) is 6.10 Å². The number of anilines is 1. The van der Waals surface area contributed by atoms with E-state index in [0.717, 1.165) is 10.5 Å². The Hall–Kier alpha value is -2.08. The molecule has 1 aromatic rings. The first-order valence-corrected chi connectivity index (χ1v) is 6.02. The fourth-order valence-corrected chi connectivity index (χ4v) is 2.10. The Bertz CT molecular complexity index is 486. The van der Waals surface area contributed by atoms with E-state index in [-0.39, 0.29) is 13.0 Å². The highest BCUT2D eigenvalue weighted by atomic mass is 16.4. The fraction of sp³-hybridized carbons (Fsp3) is 0.385. The SMILES string of the molecule is Cc1ccc(NC(=O)N2C[C@H](O)C[C@H]2C(=O)O)cc1. The number of β-amino-alcohol motifs (C(OH)–C–C–N with tert-alkyl or cyclic N) is 1. The second-order valence-corrected chi connectivity index (χ2v) is 4.69. The normalized spacial score (nSPS) is 22.3. The molecule has 2 atom stereocenters. The van der Waals surface area contributed by atoms with E-state index in [4.69, 9.17) is 5.11 Å². The van der Waals surface area contributed by atoms with Crippen LogP contribution in [0.2, 0.25) is 0 Å². The van der Waals surface area contributed by atoms with Gasteiger partial charge in [-0.15, -0.1) is 0 Å². The molecule has 0 bridgehead atoms. The summed E-state index contributed by atoms with van der Waals surface area (Å²) in [6.07, 6.45) is -0.721. The zero-order valence-corrected chi connectivity index (χ0v) is 10.5. The smallest absolute Gasteiger partial charge is 0.326 e. The molecule has 0 saturated carbocycles. The highest BCUT2D eigenvalue weighted by Crippen LogP contribution is 2.20. The van der Waals surface area contributed by atoms with E-state index in [1.807, 2.05) is 19.1 Å². The third kappa shape index (κ3) is 3.03. The molecule has 1 heterocycles. The summed E-state index contributed by atoms with van der Waals surface area (Å²) in [5.74, 6) is -1.10. The summed E-state index contributed by atoms with van der Waals surface area (Å²) in [5, 5.41) is 21.1. The average molecular weight is 264 g/mol. The molecule has 1 fully saturated rings. The third-order valence-corrected chi connectivity index (χ3v) is 3.13. The van der Waals surface area contributed by atoms with Gasteiger partial charge in [-0.25, -0.2) is 9.59 Å². The van der Waals surface area contributed by atoms with Gasteiger partial charge >= 0.3 is 12.0 Å². The number of aliphatic hydroxyl groups is 1. The van der Waals surface area contributed by atoms with E-state index in [1.165, 1.54) is 0 Å². The molecule has 0 aromatic heterocycles. The number of hydrogen-bond donors (Lipinski definition) is 3. The van der Waals surface area contributed by atoms with Crippen LogP contribution in [0.4, 0.5) is 10.5 Å². The molecule has 2 rings (SSSR count). The number of carbonyl (C=O) groups is 2. The molecule has 0 spiro atoms. The molecule has 1 aliphatic rings. The van der Waals surface area contributed by atoms with Crippen LogP contribution < -0.4 is 5.32 Å². The number of nitrogens with one attached hydrogen (secondary N) is 1. The Morgan fingerprint density at radius 1 is 1.32 bits per heavy atom. The zero-order valence-electron chi connectivity index (χ0n) is 10.5. The Morgan fingerprint density at radius 3 is 2.53 bits per heavy atom. The minimum atomic E-state index is -1.10. The van der Waals surface area contributed by atoms with Gasteiger partial charge < -0.3 is 20.4 Å². The lowest BCUT2D eigenvalue weighted by molar-refractivity contribution is -0.141. The van der Waals surface area contributed by atoms with E-state index in [9.17, 15) is 14.7 Å². The monoisotopic (exact) mass is 264 g/mol. The first-order valence-electron chi connectivity index (χ1n) is 6.02. The van der Waals surface area contributed by atoms with Crippen molar-refractivity contribution in [2.45, 2.75) is 25.5 Å². The number of aryl methyl sites for hydroxylation is 1. The predicted molar refractivity (Wildman–Crippen MR) is 69.0 cm³/mol. The number of rotatable bonds is 2. The van der Waals surface area contributed by atoms with Crippen LogP contribution in [0.25, 0.3) is 0 Å². The summed E-state index contributed by atoms with van der Waals surface area (Å²) >= 11 is 0. The number of aliphatic carboxylic acids is 1. The maximum Gasteiger partial charge on any atom is 0.326 e. The molecule has 0 radical (unpaired) electrons. The number of aliphatic hydroxyl groups excluding tert-OH is 1. The number of carboxylic acids is 1. The number of benzene rings is 1. The molecule has 1 aliphatic heterocycles. The largest absolute Gasteiger partial charge is 0.480 e.